The topological polar surface area (TPSA) is 75.6 Å². The third kappa shape index (κ3) is 5.56. The highest BCUT2D eigenvalue weighted by molar-refractivity contribution is 7.90. The summed E-state index contributed by atoms with van der Waals surface area (Å²) in [7, 11) is -3.24. The molecule has 0 heterocycles. The molecule has 26 heavy (non-hydrogen) atoms. The van der Waals surface area contributed by atoms with Gasteiger partial charge < -0.3 is 9.84 Å². The zero-order valence-corrected chi connectivity index (χ0v) is 16.3. The van der Waals surface area contributed by atoms with Crippen LogP contribution in [0.1, 0.15) is 32.3 Å². The van der Waals surface area contributed by atoms with Crippen LogP contribution in [-0.4, -0.2) is 38.5 Å². The smallest absolute Gasteiger partial charge is 0.213 e. The summed E-state index contributed by atoms with van der Waals surface area (Å²) in [5.74, 6) is 0.817. The Morgan fingerprint density at radius 2 is 1.50 bits per heavy atom. The van der Waals surface area contributed by atoms with Crippen LogP contribution in [-0.2, 0) is 10.0 Å². The molecule has 0 fully saturated rings. The van der Waals surface area contributed by atoms with Crippen molar-refractivity contribution in [1.82, 2.24) is 4.72 Å². The standard InChI is InChI=1S/C20H27NO4S/c1-15(2)26(23,24)21-14-16(3)17-4-6-18(7-5-17)19-8-10-20(11-9-19)25-13-12-22/h4-11,15-16,21-22H,12-14H2,1-3H3. The van der Waals surface area contributed by atoms with Gasteiger partial charge in [-0.2, -0.15) is 0 Å². The zero-order chi connectivity index (χ0) is 19.2. The molecule has 0 saturated heterocycles. The lowest BCUT2D eigenvalue weighted by molar-refractivity contribution is 0.201. The number of ether oxygens (including phenoxy) is 1. The molecule has 0 aliphatic heterocycles. The van der Waals surface area contributed by atoms with E-state index in [1.165, 1.54) is 0 Å². The van der Waals surface area contributed by atoms with E-state index in [-0.39, 0.29) is 19.1 Å². The molecular formula is C20H27NO4S. The minimum Gasteiger partial charge on any atom is -0.491 e. The lowest BCUT2D eigenvalue weighted by atomic mass is 9.98. The lowest BCUT2D eigenvalue weighted by Gasteiger charge is -2.15. The predicted octanol–water partition coefficient (Wildman–Crippen LogP) is 3.16. The van der Waals surface area contributed by atoms with Crippen LogP contribution in [0.5, 0.6) is 5.75 Å². The number of hydrogen-bond acceptors (Lipinski definition) is 4. The van der Waals surface area contributed by atoms with Crippen molar-refractivity contribution in [2.75, 3.05) is 19.8 Å². The number of hydrogen-bond donors (Lipinski definition) is 2. The van der Waals surface area contributed by atoms with Crippen molar-refractivity contribution >= 4 is 10.0 Å². The second kappa shape index (κ2) is 9.16. The maximum atomic E-state index is 11.9. The molecule has 5 nitrogen and oxygen atoms in total. The normalized spacial score (nSPS) is 13.0. The highest BCUT2D eigenvalue weighted by Gasteiger charge is 2.17. The van der Waals surface area contributed by atoms with Crippen LogP contribution in [0.2, 0.25) is 0 Å². The van der Waals surface area contributed by atoms with Gasteiger partial charge in [0.1, 0.15) is 12.4 Å². The molecule has 2 aromatic carbocycles. The maximum Gasteiger partial charge on any atom is 0.213 e. The van der Waals surface area contributed by atoms with Gasteiger partial charge in [-0.3, -0.25) is 0 Å². The molecule has 2 N–H and O–H groups in total. The van der Waals surface area contributed by atoms with E-state index in [9.17, 15) is 8.42 Å². The van der Waals surface area contributed by atoms with Crippen LogP contribution >= 0.6 is 0 Å². The summed E-state index contributed by atoms with van der Waals surface area (Å²) in [5, 5.41) is 8.35. The van der Waals surface area contributed by atoms with Gasteiger partial charge in [-0.15, -0.1) is 0 Å². The Kier molecular flexibility index (Phi) is 7.20. The average Bonchev–Trinajstić information content (AvgIpc) is 2.65. The van der Waals surface area contributed by atoms with Gasteiger partial charge in [0.25, 0.3) is 0 Å². The summed E-state index contributed by atoms with van der Waals surface area (Å²) in [4.78, 5) is 0. The van der Waals surface area contributed by atoms with Crippen LogP contribution in [0, 0.1) is 0 Å². The van der Waals surface area contributed by atoms with E-state index in [0.717, 1.165) is 22.4 Å². The summed E-state index contributed by atoms with van der Waals surface area (Å²) >= 11 is 0. The number of aliphatic hydroxyl groups excluding tert-OH is 1. The van der Waals surface area contributed by atoms with Gasteiger partial charge in [-0.1, -0.05) is 43.3 Å². The number of nitrogens with one attached hydrogen (secondary N) is 1. The van der Waals surface area contributed by atoms with Crippen LogP contribution in [0.4, 0.5) is 0 Å². The predicted molar refractivity (Wildman–Crippen MR) is 105 cm³/mol. The molecular weight excluding hydrogens is 350 g/mol. The van der Waals surface area contributed by atoms with E-state index in [0.29, 0.717) is 6.54 Å². The fraction of sp³-hybridized carbons (Fsp3) is 0.400. The molecule has 0 bridgehead atoms. The van der Waals surface area contributed by atoms with Crippen LogP contribution in [0.3, 0.4) is 0 Å². The molecule has 0 amide bonds. The van der Waals surface area contributed by atoms with Gasteiger partial charge in [0.15, 0.2) is 0 Å². The second-order valence-corrected chi connectivity index (χ2v) is 8.88. The van der Waals surface area contributed by atoms with Gasteiger partial charge in [0.2, 0.25) is 10.0 Å². The fourth-order valence-corrected chi connectivity index (χ4v) is 3.25. The SMILES string of the molecule is CC(CNS(=O)(=O)C(C)C)c1ccc(-c2ccc(OCCO)cc2)cc1. The van der Waals surface area contributed by atoms with Gasteiger partial charge in [-0.05, 0) is 48.6 Å². The Labute approximate surface area is 156 Å². The second-order valence-electron chi connectivity index (χ2n) is 6.56. The number of aliphatic hydroxyl groups is 1. The first kappa shape index (κ1) is 20.4. The Morgan fingerprint density at radius 3 is 2.00 bits per heavy atom. The molecule has 2 aromatic rings. The number of benzene rings is 2. The van der Waals surface area contributed by atoms with Gasteiger partial charge in [0.05, 0.1) is 11.9 Å². The van der Waals surface area contributed by atoms with E-state index in [1.54, 1.807) is 13.8 Å². The number of sulfonamides is 1. The molecule has 142 valence electrons. The molecule has 0 aromatic heterocycles. The highest BCUT2D eigenvalue weighted by Crippen LogP contribution is 2.25. The van der Waals surface area contributed by atoms with Crippen molar-refractivity contribution in [1.29, 1.82) is 0 Å². The van der Waals surface area contributed by atoms with Gasteiger partial charge in [0, 0.05) is 6.54 Å². The Bertz CT molecular complexity index is 784. The van der Waals surface area contributed by atoms with Crippen LogP contribution in [0.15, 0.2) is 48.5 Å². The largest absolute Gasteiger partial charge is 0.491 e. The third-order valence-corrected chi connectivity index (χ3v) is 6.05. The molecule has 6 heteroatoms. The van der Waals surface area contributed by atoms with Crippen molar-refractivity contribution in [3.05, 3.63) is 54.1 Å². The number of rotatable bonds is 9. The molecule has 2 rings (SSSR count). The molecule has 1 unspecified atom stereocenters. The molecule has 0 aliphatic carbocycles. The summed E-state index contributed by atoms with van der Waals surface area (Å²) in [6, 6.07) is 15.8. The first-order valence-electron chi connectivity index (χ1n) is 8.76. The van der Waals surface area contributed by atoms with Crippen molar-refractivity contribution in [3.8, 4) is 16.9 Å². The molecule has 0 spiro atoms. The third-order valence-electron chi connectivity index (χ3n) is 4.24. The van der Waals surface area contributed by atoms with E-state index in [4.69, 9.17) is 9.84 Å². The Hall–Kier alpha value is -1.89. The fourth-order valence-electron chi connectivity index (χ4n) is 2.44. The lowest BCUT2D eigenvalue weighted by Crippen LogP contribution is -2.33. The van der Waals surface area contributed by atoms with Crippen molar-refractivity contribution < 1.29 is 18.3 Å². The van der Waals surface area contributed by atoms with Crippen LogP contribution < -0.4 is 9.46 Å². The first-order valence-corrected chi connectivity index (χ1v) is 10.3. The van der Waals surface area contributed by atoms with Crippen molar-refractivity contribution in [2.24, 2.45) is 0 Å². The van der Waals surface area contributed by atoms with E-state index in [2.05, 4.69) is 4.72 Å². The monoisotopic (exact) mass is 377 g/mol. The summed E-state index contributed by atoms with van der Waals surface area (Å²) in [6.45, 7) is 6.01. The van der Waals surface area contributed by atoms with E-state index in [1.807, 2.05) is 55.5 Å². The maximum absolute atomic E-state index is 11.9. The van der Waals surface area contributed by atoms with Crippen LogP contribution in [0.25, 0.3) is 11.1 Å². The molecule has 0 aliphatic rings. The minimum atomic E-state index is -3.24. The average molecular weight is 378 g/mol. The molecule has 1 atom stereocenters. The first-order chi connectivity index (χ1) is 12.3. The highest BCUT2D eigenvalue weighted by atomic mass is 32.2. The summed E-state index contributed by atoms with van der Waals surface area (Å²) in [5.41, 5.74) is 3.24. The summed E-state index contributed by atoms with van der Waals surface area (Å²) < 4.78 is 31.8. The molecule has 0 saturated carbocycles. The Balaban J connectivity index is 2.01. The van der Waals surface area contributed by atoms with E-state index >= 15 is 0 Å². The Morgan fingerprint density at radius 1 is 0.962 bits per heavy atom. The van der Waals surface area contributed by atoms with Crippen molar-refractivity contribution in [3.63, 3.8) is 0 Å². The molecule has 0 radical (unpaired) electrons. The van der Waals surface area contributed by atoms with Gasteiger partial charge >= 0.3 is 0 Å². The zero-order valence-electron chi connectivity index (χ0n) is 15.5. The minimum absolute atomic E-state index is 0.00523. The quantitative estimate of drug-likeness (QED) is 0.704. The van der Waals surface area contributed by atoms with Crippen molar-refractivity contribution in [2.45, 2.75) is 31.9 Å². The summed E-state index contributed by atoms with van der Waals surface area (Å²) in [6.07, 6.45) is 0. The van der Waals surface area contributed by atoms with Gasteiger partial charge in [-0.25, -0.2) is 13.1 Å². The van der Waals surface area contributed by atoms with E-state index < -0.39 is 15.3 Å².